The molecule has 0 aromatic carbocycles. The molecule has 0 saturated carbocycles. The first-order valence-electron chi connectivity index (χ1n) is 4.89. The second-order valence-electron chi connectivity index (χ2n) is 3.75. The van der Waals surface area contributed by atoms with Crippen LogP contribution >= 0.6 is 11.8 Å². The minimum Gasteiger partial charge on any atom is -0.301 e. The van der Waals surface area contributed by atoms with Crippen molar-refractivity contribution in [1.29, 1.82) is 0 Å². The van der Waals surface area contributed by atoms with Crippen molar-refractivity contribution < 1.29 is 0 Å². The quantitative estimate of drug-likeness (QED) is 0.627. The first kappa shape index (κ1) is 8.64. The van der Waals surface area contributed by atoms with Crippen molar-refractivity contribution in [2.24, 2.45) is 0 Å². The van der Waals surface area contributed by atoms with E-state index >= 15 is 0 Å². The standard InChI is InChI=1S/C10H17NS/c1-3-8-4-5-9-10(6-8)12-7(2)11-9/h4,7,9-11H,3,5-6H2,1-2H3. The molecule has 3 unspecified atom stereocenters. The molecule has 12 heavy (non-hydrogen) atoms. The van der Waals surface area contributed by atoms with E-state index in [0.29, 0.717) is 5.37 Å². The summed E-state index contributed by atoms with van der Waals surface area (Å²) in [4.78, 5) is 0. The van der Waals surface area contributed by atoms with E-state index in [4.69, 9.17) is 0 Å². The lowest BCUT2D eigenvalue weighted by Gasteiger charge is -2.23. The van der Waals surface area contributed by atoms with Crippen LogP contribution in [0, 0.1) is 0 Å². The van der Waals surface area contributed by atoms with Gasteiger partial charge in [-0.3, -0.25) is 0 Å². The Bertz CT molecular complexity index is 200. The Balaban J connectivity index is 2.02. The monoisotopic (exact) mass is 183 g/mol. The van der Waals surface area contributed by atoms with Crippen molar-refractivity contribution in [2.45, 2.75) is 49.8 Å². The number of rotatable bonds is 1. The molecule has 1 heterocycles. The van der Waals surface area contributed by atoms with Gasteiger partial charge in [-0.05, 0) is 26.2 Å². The normalized spacial score (nSPS) is 40.8. The summed E-state index contributed by atoms with van der Waals surface area (Å²) >= 11 is 2.12. The summed E-state index contributed by atoms with van der Waals surface area (Å²) in [6.45, 7) is 4.54. The summed E-state index contributed by atoms with van der Waals surface area (Å²) < 4.78 is 0. The Labute approximate surface area is 79.0 Å². The maximum atomic E-state index is 3.62. The highest BCUT2D eigenvalue weighted by molar-refractivity contribution is 8.00. The SMILES string of the molecule is CCC1=CCC2NC(C)SC2C1. The van der Waals surface area contributed by atoms with Crippen LogP contribution in [0.25, 0.3) is 0 Å². The smallest absolute Gasteiger partial charge is 0.0509 e. The number of fused-ring (bicyclic) bond motifs is 1. The van der Waals surface area contributed by atoms with Crippen LogP contribution in [0.4, 0.5) is 0 Å². The summed E-state index contributed by atoms with van der Waals surface area (Å²) in [5, 5.41) is 5.15. The molecule has 2 heteroatoms. The number of nitrogens with one attached hydrogen (secondary N) is 1. The Kier molecular flexibility index (Phi) is 2.47. The maximum Gasteiger partial charge on any atom is 0.0509 e. The third kappa shape index (κ3) is 1.55. The van der Waals surface area contributed by atoms with Gasteiger partial charge in [0.2, 0.25) is 0 Å². The first-order chi connectivity index (χ1) is 5.79. The van der Waals surface area contributed by atoms with E-state index < -0.39 is 0 Å². The van der Waals surface area contributed by atoms with E-state index in [9.17, 15) is 0 Å². The molecule has 0 aromatic rings. The van der Waals surface area contributed by atoms with E-state index in [1.165, 1.54) is 19.3 Å². The van der Waals surface area contributed by atoms with E-state index in [-0.39, 0.29) is 0 Å². The van der Waals surface area contributed by atoms with E-state index in [1.807, 2.05) is 0 Å². The molecule has 2 rings (SSSR count). The van der Waals surface area contributed by atoms with Crippen molar-refractivity contribution in [3.63, 3.8) is 0 Å². The number of thioether (sulfide) groups is 1. The molecule has 0 spiro atoms. The molecule has 0 aromatic heterocycles. The molecule has 1 aliphatic carbocycles. The minimum absolute atomic E-state index is 0.671. The predicted octanol–water partition coefficient (Wildman–Crippen LogP) is 2.54. The summed E-state index contributed by atoms with van der Waals surface area (Å²) in [5.74, 6) is 0. The highest BCUT2D eigenvalue weighted by Gasteiger charge is 2.33. The van der Waals surface area contributed by atoms with Gasteiger partial charge in [-0.1, -0.05) is 18.6 Å². The van der Waals surface area contributed by atoms with Crippen LogP contribution in [-0.4, -0.2) is 16.7 Å². The van der Waals surface area contributed by atoms with Gasteiger partial charge in [0.1, 0.15) is 0 Å². The molecule has 1 nitrogen and oxygen atoms in total. The molecular formula is C10H17NS. The number of hydrogen-bond acceptors (Lipinski definition) is 2. The fourth-order valence-corrected chi connectivity index (χ4v) is 3.61. The van der Waals surface area contributed by atoms with Gasteiger partial charge in [0.25, 0.3) is 0 Å². The number of hydrogen-bond donors (Lipinski definition) is 1. The third-order valence-electron chi connectivity index (χ3n) is 2.85. The Hall–Kier alpha value is 0.0500. The fourth-order valence-electron chi connectivity index (χ4n) is 2.14. The summed E-state index contributed by atoms with van der Waals surface area (Å²) in [6, 6.07) is 0.764. The predicted molar refractivity (Wildman–Crippen MR) is 55.4 cm³/mol. The lowest BCUT2D eigenvalue weighted by molar-refractivity contribution is 0.506. The summed E-state index contributed by atoms with van der Waals surface area (Å²) in [7, 11) is 0. The maximum absolute atomic E-state index is 3.62. The first-order valence-corrected chi connectivity index (χ1v) is 5.83. The van der Waals surface area contributed by atoms with Crippen molar-refractivity contribution in [1.82, 2.24) is 5.32 Å². The molecule has 1 saturated heterocycles. The zero-order valence-corrected chi connectivity index (χ0v) is 8.66. The third-order valence-corrected chi connectivity index (χ3v) is 4.24. The van der Waals surface area contributed by atoms with Crippen LogP contribution in [-0.2, 0) is 0 Å². The second kappa shape index (κ2) is 3.43. The second-order valence-corrected chi connectivity index (χ2v) is 5.33. The molecule has 1 aliphatic heterocycles. The largest absolute Gasteiger partial charge is 0.301 e. The lowest BCUT2D eigenvalue weighted by Crippen LogP contribution is -2.33. The van der Waals surface area contributed by atoms with Crippen molar-refractivity contribution in [2.75, 3.05) is 0 Å². The van der Waals surface area contributed by atoms with E-state index in [1.54, 1.807) is 5.57 Å². The van der Waals surface area contributed by atoms with Crippen molar-refractivity contribution >= 4 is 11.8 Å². The Morgan fingerprint density at radius 1 is 1.67 bits per heavy atom. The molecule has 3 atom stereocenters. The van der Waals surface area contributed by atoms with Crippen molar-refractivity contribution in [3.05, 3.63) is 11.6 Å². The molecular weight excluding hydrogens is 166 g/mol. The molecule has 0 radical (unpaired) electrons. The van der Waals surface area contributed by atoms with Gasteiger partial charge in [-0.2, -0.15) is 0 Å². The highest BCUT2D eigenvalue weighted by Crippen LogP contribution is 2.36. The van der Waals surface area contributed by atoms with Gasteiger partial charge < -0.3 is 5.32 Å². The van der Waals surface area contributed by atoms with E-state index in [0.717, 1.165) is 11.3 Å². The molecule has 1 fully saturated rings. The fraction of sp³-hybridized carbons (Fsp3) is 0.800. The van der Waals surface area contributed by atoms with Gasteiger partial charge >= 0.3 is 0 Å². The molecule has 1 N–H and O–H groups in total. The molecule has 0 amide bonds. The van der Waals surface area contributed by atoms with Gasteiger partial charge in [-0.15, -0.1) is 11.8 Å². The van der Waals surface area contributed by atoms with E-state index in [2.05, 4.69) is 37.0 Å². The van der Waals surface area contributed by atoms with Crippen LogP contribution in [0.2, 0.25) is 0 Å². The zero-order valence-electron chi connectivity index (χ0n) is 7.84. The Morgan fingerprint density at radius 2 is 2.50 bits per heavy atom. The van der Waals surface area contributed by atoms with Gasteiger partial charge in [-0.25, -0.2) is 0 Å². The summed E-state index contributed by atoms with van der Waals surface area (Å²) in [6.07, 6.45) is 6.26. The average molecular weight is 183 g/mol. The zero-order chi connectivity index (χ0) is 8.55. The van der Waals surface area contributed by atoms with Crippen LogP contribution in [0.1, 0.15) is 33.1 Å². The molecule has 2 aliphatic rings. The van der Waals surface area contributed by atoms with Crippen LogP contribution in [0.15, 0.2) is 11.6 Å². The lowest BCUT2D eigenvalue weighted by atomic mass is 9.93. The summed E-state index contributed by atoms with van der Waals surface area (Å²) in [5.41, 5.74) is 1.67. The Morgan fingerprint density at radius 3 is 3.25 bits per heavy atom. The van der Waals surface area contributed by atoms with Gasteiger partial charge in [0, 0.05) is 11.3 Å². The highest BCUT2D eigenvalue weighted by atomic mass is 32.2. The topological polar surface area (TPSA) is 12.0 Å². The van der Waals surface area contributed by atoms with Crippen LogP contribution in [0.5, 0.6) is 0 Å². The van der Waals surface area contributed by atoms with Crippen LogP contribution < -0.4 is 5.32 Å². The molecule has 68 valence electrons. The van der Waals surface area contributed by atoms with Crippen molar-refractivity contribution in [3.8, 4) is 0 Å². The minimum atomic E-state index is 0.671. The van der Waals surface area contributed by atoms with Gasteiger partial charge in [0.05, 0.1) is 5.37 Å². The average Bonchev–Trinajstić information content (AvgIpc) is 2.43. The van der Waals surface area contributed by atoms with Gasteiger partial charge in [0.15, 0.2) is 0 Å². The van der Waals surface area contributed by atoms with Crippen LogP contribution in [0.3, 0.4) is 0 Å². The molecule has 0 bridgehead atoms. The number of allylic oxidation sites excluding steroid dienone is 1.